The molecule has 3 heterocycles. The Labute approximate surface area is 181 Å². The standard InChI is InChI=1S/C24H20S4/c1-3-6-20-23(25-2)24-22(28-20)14-19(27-24)10-9-18-12-17-11-15-7-4-5-8-16(15)13-21(17)26-18/h4-5,7-14H,3,6H2,1-2H3/b10-9+. The Morgan fingerprint density at radius 3 is 2.32 bits per heavy atom. The molecule has 0 aliphatic carbocycles. The fraction of sp³-hybridized carbons (Fsp3) is 0.167. The maximum absolute atomic E-state index is 2.36. The third-order valence-corrected chi connectivity index (χ3v) is 9.53. The molecule has 0 aliphatic rings. The molecule has 0 fully saturated rings. The summed E-state index contributed by atoms with van der Waals surface area (Å²) >= 11 is 7.69. The van der Waals surface area contributed by atoms with Crippen LogP contribution in [0.3, 0.4) is 0 Å². The van der Waals surface area contributed by atoms with E-state index in [0.717, 1.165) is 0 Å². The van der Waals surface area contributed by atoms with Gasteiger partial charge in [-0.05, 0) is 65.3 Å². The van der Waals surface area contributed by atoms with Crippen LogP contribution in [0, 0.1) is 0 Å². The maximum atomic E-state index is 2.36. The van der Waals surface area contributed by atoms with Crippen molar-refractivity contribution in [1.82, 2.24) is 0 Å². The molecule has 28 heavy (non-hydrogen) atoms. The summed E-state index contributed by atoms with van der Waals surface area (Å²) in [6.07, 6.45) is 9.18. The van der Waals surface area contributed by atoms with E-state index in [0.29, 0.717) is 0 Å². The first-order valence-electron chi connectivity index (χ1n) is 9.45. The largest absolute Gasteiger partial charge is 0.138 e. The first kappa shape index (κ1) is 18.4. The fourth-order valence-electron chi connectivity index (χ4n) is 3.61. The number of rotatable bonds is 5. The van der Waals surface area contributed by atoms with Crippen molar-refractivity contribution in [2.75, 3.05) is 6.26 Å². The van der Waals surface area contributed by atoms with Gasteiger partial charge in [0.25, 0.3) is 0 Å². The molecule has 0 amide bonds. The van der Waals surface area contributed by atoms with Crippen molar-refractivity contribution in [3.8, 4) is 0 Å². The molecule has 0 spiro atoms. The van der Waals surface area contributed by atoms with Gasteiger partial charge in [-0.2, -0.15) is 0 Å². The molecular formula is C24H20S4. The van der Waals surface area contributed by atoms with E-state index in [1.54, 1.807) is 4.88 Å². The number of benzene rings is 2. The molecule has 0 radical (unpaired) electrons. The van der Waals surface area contributed by atoms with Crippen LogP contribution in [0.5, 0.6) is 0 Å². The average molecular weight is 437 g/mol. The van der Waals surface area contributed by atoms with Gasteiger partial charge in [0.05, 0.1) is 4.70 Å². The summed E-state index contributed by atoms with van der Waals surface area (Å²) in [5.41, 5.74) is 0. The third kappa shape index (κ3) is 3.33. The van der Waals surface area contributed by atoms with Crippen molar-refractivity contribution < 1.29 is 0 Å². The van der Waals surface area contributed by atoms with Crippen molar-refractivity contribution in [1.29, 1.82) is 0 Å². The van der Waals surface area contributed by atoms with Crippen LogP contribution in [0.1, 0.15) is 28.0 Å². The highest BCUT2D eigenvalue weighted by Crippen LogP contribution is 2.43. The van der Waals surface area contributed by atoms with Gasteiger partial charge in [0.15, 0.2) is 0 Å². The number of fused-ring (bicyclic) bond motifs is 3. The highest BCUT2D eigenvalue weighted by molar-refractivity contribution is 7.99. The zero-order chi connectivity index (χ0) is 19.1. The molecule has 5 aromatic rings. The molecule has 0 saturated carbocycles. The lowest BCUT2D eigenvalue weighted by Gasteiger charge is -1.97. The normalized spacial score (nSPS) is 12.2. The molecule has 0 atom stereocenters. The van der Waals surface area contributed by atoms with Crippen molar-refractivity contribution in [3.05, 3.63) is 63.2 Å². The molecule has 0 N–H and O–H groups in total. The Bertz CT molecular complexity index is 1260. The number of hydrogen-bond acceptors (Lipinski definition) is 4. The first-order chi connectivity index (χ1) is 13.7. The quantitative estimate of drug-likeness (QED) is 0.247. The summed E-state index contributed by atoms with van der Waals surface area (Å²) in [7, 11) is 0. The number of hydrogen-bond donors (Lipinski definition) is 0. The molecule has 2 aromatic carbocycles. The van der Waals surface area contributed by atoms with Gasteiger partial charge >= 0.3 is 0 Å². The highest BCUT2D eigenvalue weighted by Gasteiger charge is 2.13. The minimum Gasteiger partial charge on any atom is -0.138 e. The molecule has 4 heteroatoms. The van der Waals surface area contributed by atoms with Gasteiger partial charge in [-0.15, -0.1) is 45.8 Å². The number of aryl methyl sites for hydroxylation is 1. The van der Waals surface area contributed by atoms with Crippen molar-refractivity contribution in [2.24, 2.45) is 0 Å². The highest BCUT2D eigenvalue weighted by atomic mass is 32.2. The maximum Gasteiger partial charge on any atom is 0.0595 e. The molecule has 140 valence electrons. The minimum atomic E-state index is 1.20. The molecule has 5 rings (SSSR count). The summed E-state index contributed by atoms with van der Waals surface area (Å²) in [6, 6.07) is 17.9. The van der Waals surface area contributed by atoms with Crippen LogP contribution >= 0.6 is 45.8 Å². The second-order valence-electron chi connectivity index (χ2n) is 6.87. The minimum absolute atomic E-state index is 1.20. The predicted molar refractivity (Wildman–Crippen MR) is 134 cm³/mol. The van der Waals surface area contributed by atoms with E-state index in [9.17, 15) is 0 Å². The summed E-state index contributed by atoms with van der Waals surface area (Å²) in [5, 5.41) is 3.97. The van der Waals surface area contributed by atoms with E-state index in [2.05, 4.69) is 73.9 Å². The lowest BCUT2D eigenvalue weighted by molar-refractivity contribution is 0.926. The number of thiophene rings is 3. The zero-order valence-electron chi connectivity index (χ0n) is 15.8. The molecule has 0 bridgehead atoms. The molecular weight excluding hydrogens is 417 g/mol. The second-order valence-corrected chi connectivity index (χ2v) is 11.0. The number of thioether (sulfide) groups is 1. The van der Waals surface area contributed by atoms with Crippen LogP contribution in [-0.4, -0.2) is 6.26 Å². The Morgan fingerprint density at radius 2 is 1.57 bits per heavy atom. The smallest absolute Gasteiger partial charge is 0.0595 e. The summed E-state index contributed by atoms with van der Waals surface area (Å²) in [4.78, 5) is 5.73. The van der Waals surface area contributed by atoms with Gasteiger partial charge in [0.1, 0.15) is 0 Å². The SMILES string of the molecule is CCCc1sc2cc(/C=C/c3cc4cc5ccccc5cc4s3)sc2c1SC. The van der Waals surface area contributed by atoms with Crippen LogP contribution in [0.4, 0.5) is 0 Å². The Balaban J connectivity index is 1.48. The third-order valence-electron chi connectivity index (χ3n) is 4.91. The van der Waals surface area contributed by atoms with E-state index in [1.165, 1.54) is 57.7 Å². The van der Waals surface area contributed by atoms with E-state index < -0.39 is 0 Å². The monoisotopic (exact) mass is 436 g/mol. The molecule has 3 aromatic heterocycles. The van der Waals surface area contributed by atoms with Crippen molar-refractivity contribution >= 4 is 88.2 Å². The van der Waals surface area contributed by atoms with Gasteiger partial charge in [-0.25, -0.2) is 0 Å². The Morgan fingerprint density at radius 1 is 0.821 bits per heavy atom. The lowest BCUT2D eigenvalue weighted by Crippen LogP contribution is -1.78. The molecule has 0 aliphatic heterocycles. The van der Waals surface area contributed by atoms with Crippen molar-refractivity contribution in [2.45, 2.75) is 24.7 Å². The summed E-state index contributed by atoms with van der Waals surface area (Å²) in [6.45, 7) is 2.26. The van der Waals surface area contributed by atoms with Crippen LogP contribution in [-0.2, 0) is 6.42 Å². The second kappa shape index (κ2) is 7.68. The topological polar surface area (TPSA) is 0 Å². The van der Waals surface area contributed by atoms with E-state index in [4.69, 9.17) is 0 Å². The van der Waals surface area contributed by atoms with Gasteiger partial charge in [-0.1, -0.05) is 37.6 Å². The van der Waals surface area contributed by atoms with E-state index in [1.807, 2.05) is 45.8 Å². The fourth-order valence-corrected chi connectivity index (χ4v) is 8.50. The van der Waals surface area contributed by atoms with Crippen LogP contribution in [0.25, 0.3) is 42.4 Å². The van der Waals surface area contributed by atoms with E-state index in [-0.39, 0.29) is 0 Å². The van der Waals surface area contributed by atoms with E-state index >= 15 is 0 Å². The van der Waals surface area contributed by atoms with Gasteiger partial charge in [0.2, 0.25) is 0 Å². The zero-order valence-corrected chi connectivity index (χ0v) is 19.1. The lowest BCUT2D eigenvalue weighted by atomic mass is 10.1. The molecule has 0 nitrogen and oxygen atoms in total. The van der Waals surface area contributed by atoms with Crippen LogP contribution < -0.4 is 0 Å². The summed E-state index contributed by atoms with van der Waals surface area (Å²) in [5.74, 6) is 0. The predicted octanol–water partition coefficient (Wildman–Crippen LogP) is 9.18. The first-order valence-corrected chi connectivity index (χ1v) is 13.1. The summed E-state index contributed by atoms with van der Waals surface area (Å²) < 4.78 is 4.28. The van der Waals surface area contributed by atoms with Crippen LogP contribution in [0.15, 0.2) is 53.4 Å². The molecule has 0 saturated heterocycles. The Kier molecular flexibility index (Phi) is 5.06. The Hall–Kier alpha value is -1.59. The van der Waals surface area contributed by atoms with Gasteiger partial charge < -0.3 is 0 Å². The molecule has 0 unspecified atom stereocenters. The van der Waals surface area contributed by atoms with Gasteiger partial charge in [-0.3, -0.25) is 0 Å². The van der Waals surface area contributed by atoms with Crippen LogP contribution in [0.2, 0.25) is 0 Å². The van der Waals surface area contributed by atoms with Crippen molar-refractivity contribution in [3.63, 3.8) is 0 Å². The average Bonchev–Trinajstić information content (AvgIpc) is 3.36. The van der Waals surface area contributed by atoms with Gasteiger partial charge in [0, 0.05) is 28.9 Å².